The van der Waals surface area contributed by atoms with Gasteiger partial charge in [-0.1, -0.05) is 37.9 Å². The lowest BCUT2D eigenvalue weighted by atomic mass is 9.77. The monoisotopic (exact) mass is 445 g/mol. The summed E-state index contributed by atoms with van der Waals surface area (Å²) in [5, 5.41) is 15.0. The molecular weight excluding hydrogens is 406 g/mol. The molecular formula is C26H39NO3S. The summed E-state index contributed by atoms with van der Waals surface area (Å²) < 4.78 is 0. The quantitative estimate of drug-likeness (QED) is 0.224. The molecule has 0 saturated carbocycles. The Balaban J connectivity index is 2.36. The lowest BCUT2D eigenvalue weighted by Gasteiger charge is -2.28. The highest BCUT2D eigenvalue weighted by Gasteiger charge is 2.33. The maximum Gasteiger partial charge on any atom is 0.168 e. The number of carbonyl (C=O) groups is 1. The number of unbranched alkanes of at least 4 members (excludes halogenated alkanes) is 1. The first-order valence-corrected chi connectivity index (χ1v) is 12.8. The van der Waals surface area contributed by atoms with Crippen LogP contribution in [0.1, 0.15) is 93.0 Å². The maximum absolute atomic E-state index is 13.1. The van der Waals surface area contributed by atoms with Crippen molar-refractivity contribution in [1.82, 2.24) is 0 Å². The Kier molecular flexibility index (Phi) is 10.1. The van der Waals surface area contributed by atoms with E-state index in [4.69, 9.17) is 4.84 Å². The van der Waals surface area contributed by atoms with E-state index in [0.29, 0.717) is 37.2 Å². The molecule has 31 heavy (non-hydrogen) atoms. The van der Waals surface area contributed by atoms with Gasteiger partial charge < -0.3 is 9.94 Å². The van der Waals surface area contributed by atoms with Crippen LogP contribution in [-0.2, 0) is 15.4 Å². The molecule has 4 nitrogen and oxygen atoms in total. The highest BCUT2D eigenvalue weighted by Crippen LogP contribution is 2.39. The van der Waals surface area contributed by atoms with Gasteiger partial charge in [-0.05, 0) is 80.0 Å². The molecule has 0 aliphatic heterocycles. The standard InChI is InChI=1S/C26H39NO3S/c1-7-10-12-31-16-21-17(4)13-18(5)25(19(21)6)20-14-23(28)26(24(29)15-20)22(11-8-2)27-30-9-3/h13,20,28H,7-12,14-16H2,1-6H3. The van der Waals surface area contributed by atoms with Gasteiger partial charge in [-0.2, -0.15) is 11.8 Å². The molecule has 0 saturated heterocycles. The van der Waals surface area contributed by atoms with Crippen molar-refractivity contribution in [3.63, 3.8) is 0 Å². The van der Waals surface area contributed by atoms with Gasteiger partial charge in [0.25, 0.3) is 0 Å². The molecule has 2 rings (SSSR count). The average molecular weight is 446 g/mol. The second kappa shape index (κ2) is 12.3. The van der Waals surface area contributed by atoms with E-state index < -0.39 is 0 Å². The molecule has 0 heterocycles. The number of benzene rings is 1. The third-order valence-electron chi connectivity index (χ3n) is 6.01. The van der Waals surface area contributed by atoms with Crippen LogP contribution < -0.4 is 0 Å². The Hall–Kier alpha value is -1.75. The van der Waals surface area contributed by atoms with Crippen molar-refractivity contribution >= 4 is 23.3 Å². The van der Waals surface area contributed by atoms with Crippen LogP contribution in [0.3, 0.4) is 0 Å². The van der Waals surface area contributed by atoms with Gasteiger partial charge in [-0.15, -0.1) is 0 Å². The van der Waals surface area contributed by atoms with E-state index >= 15 is 0 Å². The maximum atomic E-state index is 13.1. The fourth-order valence-corrected chi connectivity index (χ4v) is 5.82. The summed E-state index contributed by atoms with van der Waals surface area (Å²) in [6.45, 7) is 13.1. The first kappa shape index (κ1) is 25.5. The third-order valence-corrected chi connectivity index (χ3v) is 7.08. The van der Waals surface area contributed by atoms with E-state index in [1.807, 2.05) is 25.6 Å². The zero-order valence-electron chi connectivity index (χ0n) is 20.1. The van der Waals surface area contributed by atoms with E-state index in [2.05, 4.69) is 38.9 Å². The molecule has 0 amide bonds. The minimum absolute atomic E-state index is 0.00575. The fourth-order valence-electron chi connectivity index (χ4n) is 4.54. The van der Waals surface area contributed by atoms with Crippen molar-refractivity contribution in [2.45, 2.75) is 91.7 Å². The van der Waals surface area contributed by atoms with Crippen LogP contribution in [0, 0.1) is 20.8 Å². The van der Waals surface area contributed by atoms with Gasteiger partial charge in [0.1, 0.15) is 12.4 Å². The van der Waals surface area contributed by atoms with Crippen molar-refractivity contribution in [1.29, 1.82) is 0 Å². The van der Waals surface area contributed by atoms with E-state index in [9.17, 15) is 9.90 Å². The van der Waals surface area contributed by atoms with Gasteiger partial charge in [0.05, 0.1) is 11.3 Å². The molecule has 172 valence electrons. The molecule has 1 N–H and O–H groups in total. The number of oxime groups is 1. The molecule has 1 unspecified atom stereocenters. The number of carbonyl (C=O) groups excluding carboxylic acids is 1. The van der Waals surface area contributed by atoms with Crippen LogP contribution in [0.25, 0.3) is 0 Å². The number of aryl methyl sites for hydroxylation is 2. The Morgan fingerprint density at radius 2 is 1.90 bits per heavy atom. The topological polar surface area (TPSA) is 58.9 Å². The SMILES string of the molecule is CCCCSCc1c(C)cc(C)c(C2CC(=O)C(C(CCC)=NOCC)=C(O)C2)c1C. The number of nitrogens with zero attached hydrogens (tertiary/aromatic N) is 1. The Morgan fingerprint density at radius 3 is 2.52 bits per heavy atom. The Labute approximate surface area is 192 Å². The highest BCUT2D eigenvalue weighted by molar-refractivity contribution is 7.98. The van der Waals surface area contributed by atoms with Crippen molar-refractivity contribution < 1.29 is 14.7 Å². The number of hydrogen-bond donors (Lipinski definition) is 1. The number of hydrogen-bond acceptors (Lipinski definition) is 5. The molecule has 1 aromatic rings. The van der Waals surface area contributed by atoms with Crippen molar-refractivity contribution in [3.05, 3.63) is 45.2 Å². The molecule has 1 aromatic carbocycles. The number of Topliss-reactive ketones (excluding diaryl/α,β-unsaturated/α-hetero) is 1. The summed E-state index contributed by atoms with van der Waals surface area (Å²) in [6, 6.07) is 2.25. The van der Waals surface area contributed by atoms with Gasteiger partial charge in [0.2, 0.25) is 0 Å². The summed E-state index contributed by atoms with van der Waals surface area (Å²) in [6.07, 6.45) is 4.80. The predicted molar refractivity (Wildman–Crippen MR) is 132 cm³/mol. The third kappa shape index (κ3) is 6.38. The number of aliphatic hydroxyl groups excluding tert-OH is 1. The number of ketones is 1. The van der Waals surface area contributed by atoms with Crippen molar-refractivity contribution in [2.24, 2.45) is 5.16 Å². The molecule has 0 bridgehead atoms. The summed E-state index contributed by atoms with van der Waals surface area (Å²) >= 11 is 1.98. The van der Waals surface area contributed by atoms with Crippen LogP contribution >= 0.6 is 11.8 Å². The first-order valence-electron chi connectivity index (χ1n) is 11.7. The highest BCUT2D eigenvalue weighted by atomic mass is 32.2. The Bertz CT molecular complexity index is 842. The van der Waals surface area contributed by atoms with Gasteiger partial charge in [0.15, 0.2) is 5.78 Å². The minimum Gasteiger partial charge on any atom is -0.511 e. The van der Waals surface area contributed by atoms with Gasteiger partial charge in [-0.25, -0.2) is 0 Å². The molecule has 0 radical (unpaired) electrons. The summed E-state index contributed by atoms with van der Waals surface area (Å²) in [5.41, 5.74) is 7.39. The normalized spacial score (nSPS) is 17.4. The van der Waals surface area contributed by atoms with Crippen molar-refractivity contribution in [2.75, 3.05) is 12.4 Å². The predicted octanol–water partition coefficient (Wildman–Crippen LogP) is 7.10. The molecule has 1 aliphatic rings. The number of thioether (sulfide) groups is 1. The molecule has 0 aromatic heterocycles. The summed E-state index contributed by atoms with van der Waals surface area (Å²) in [4.78, 5) is 18.3. The summed E-state index contributed by atoms with van der Waals surface area (Å²) in [7, 11) is 0. The number of aliphatic hydroxyl groups is 1. The minimum atomic E-state index is -0.0288. The lowest BCUT2D eigenvalue weighted by Crippen LogP contribution is -2.25. The molecule has 1 atom stereocenters. The number of rotatable bonds is 11. The number of allylic oxidation sites excluding steroid dienone is 2. The van der Waals surface area contributed by atoms with Gasteiger partial charge in [0, 0.05) is 18.6 Å². The van der Waals surface area contributed by atoms with Crippen molar-refractivity contribution in [3.8, 4) is 0 Å². The van der Waals surface area contributed by atoms with Crippen LogP contribution in [0.5, 0.6) is 0 Å². The average Bonchev–Trinajstić information content (AvgIpc) is 2.70. The smallest absolute Gasteiger partial charge is 0.168 e. The van der Waals surface area contributed by atoms with Gasteiger partial charge >= 0.3 is 0 Å². The summed E-state index contributed by atoms with van der Waals surface area (Å²) in [5.74, 6) is 2.31. The van der Waals surface area contributed by atoms with E-state index in [0.717, 1.165) is 12.2 Å². The zero-order valence-corrected chi connectivity index (χ0v) is 21.0. The fraction of sp³-hybridized carbons (Fsp3) is 0.615. The van der Waals surface area contributed by atoms with E-state index in [-0.39, 0.29) is 17.5 Å². The molecule has 0 spiro atoms. The largest absolute Gasteiger partial charge is 0.511 e. The van der Waals surface area contributed by atoms with Crippen LogP contribution in [0.2, 0.25) is 0 Å². The Morgan fingerprint density at radius 1 is 1.16 bits per heavy atom. The van der Waals surface area contributed by atoms with Gasteiger partial charge in [-0.3, -0.25) is 4.79 Å². The van der Waals surface area contributed by atoms with E-state index in [1.54, 1.807) is 0 Å². The van der Waals surface area contributed by atoms with Crippen LogP contribution in [-0.4, -0.2) is 29.0 Å². The zero-order chi connectivity index (χ0) is 23.0. The van der Waals surface area contributed by atoms with Crippen LogP contribution in [0.15, 0.2) is 22.6 Å². The van der Waals surface area contributed by atoms with Crippen LogP contribution in [0.4, 0.5) is 0 Å². The molecule has 0 fully saturated rings. The van der Waals surface area contributed by atoms with E-state index in [1.165, 1.54) is 46.4 Å². The molecule has 1 aliphatic carbocycles. The second-order valence-electron chi connectivity index (χ2n) is 8.49. The second-order valence-corrected chi connectivity index (χ2v) is 9.59. The lowest BCUT2D eigenvalue weighted by molar-refractivity contribution is -0.116. The molecule has 5 heteroatoms. The first-order chi connectivity index (χ1) is 14.8.